The fourth-order valence-electron chi connectivity index (χ4n) is 0.878. The molecule has 72 valence electrons. The Balaban J connectivity index is 3.20. The smallest absolute Gasteiger partial charge is 0.361 e. The Bertz CT molecular complexity index is 124. The first-order chi connectivity index (χ1) is 5.66. The van der Waals surface area contributed by atoms with Gasteiger partial charge in [0.1, 0.15) is 0 Å². The molecule has 0 aromatic carbocycles. The first kappa shape index (κ1) is 11.4. The van der Waals surface area contributed by atoms with Crippen molar-refractivity contribution < 1.29 is 14.4 Å². The van der Waals surface area contributed by atoms with Gasteiger partial charge in [0.2, 0.25) is 0 Å². The second-order valence-corrected chi connectivity index (χ2v) is 3.31. The summed E-state index contributed by atoms with van der Waals surface area (Å²) in [5.41, 5.74) is 0. The molecular formula is C9H20NO2+. The third kappa shape index (κ3) is 7.54. The molecule has 12 heavy (non-hydrogen) atoms. The first-order valence-corrected chi connectivity index (χ1v) is 4.61. The van der Waals surface area contributed by atoms with E-state index in [4.69, 9.17) is 4.74 Å². The Hall–Kier alpha value is -0.570. The highest BCUT2D eigenvalue weighted by atomic mass is 16.5. The average molecular weight is 174 g/mol. The van der Waals surface area contributed by atoms with Crippen LogP contribution in [0.4, 0.5) is 0 Å². The number of nitrogens with one attached hydrogen (secondary N) is 1. The van der Waals surface area contributed by atoms with Crippen molar-refractivity contribution >= 4 is 5.97 Å². The molecular weight excluding hydrogens is 154 g/mol. The van der Waals surface area contributed by atoms with E-state index < -0.39 is 0 Å². The maximum atomic E-state index is 11.0. The Labute approximate surface area is 74.7 Å². The predicted molar refractivity (Wildman–Crippen MR) is 48.2 cm³/mol. The van der Waals surface area contributed by atoms with Crippen molar-refractivity contribution in [1.29, 1.82) is 0 Å². The van der Waals surface area contributed by atoms with Gasteiger partial charge < -0.3 is 9.64 Å². The molecule has 0 aliphatic rings. The molecule has 0 aliphatic carbocycles. The average Bonchev–Trinajstić information content (AvgIpc) is 1.97. The van der Waals surface area contributed by atoms with Crippen molar-refractivity contribution in [2.45, 2.75) is 26.2 Å². The number of hydrogen-bond acceptors (Lipinski definition) is 2. The molecule has 0 aromatic heterocycles. The number of ether oxygens (including phenoxy) is 1. The van der Waals surface area contributed by atoms with Crippen molar-refractivity contribution in [2.24, 2.45) is 0 Å². The van der Waals surface area contributed by atoms with Gasteiger partial charge in [0, 0.05) is 0 Å². The van der Waals surface area contributed by atoms with Gasteiger partial charge in [-0.3, -0.25) is 0 Å². The zero-order valence-corrected chi connectivity index (χ0v) is 8.35. The number of hydrogen-bond donors (Lipinski definition) is 1. The van der Waals surface area contributed by atoms with E-state index in [1.165, 1.54) is 0 Å². The monoisotopic (exact) mass is 174 g/mol. The van der Waals surface area contributed by atoms with Gasteiger partial charge in [-0.15, -0.1) is 0 Å². The van der Waals surface area contributed by atoms with Crippen molar-refractivity contribution in [1.82, 2.24) is 0 Å². The number of likely N-dealkylation sites (N-methyl/N-ethyl adjacent to an activating group) is 1. The zero-order valence-electron chi connectivity index (χ0n) is 8.35. The number of esters is 1. The van der Waals surface area contributed by atoms with Crippen molar-refractivity contribution in [3.63, 3.8) is 0 Å². The van der Waals surface area contributed by atoms with E-state index in [-0.39, 0.29) is 5.97 Å². The topological polar surface area (TPSA) is 30.7 Å². The Kier molecular flexibility index (Phi) is 6.76. The highest BCUT2D eigenvalue weighted by molar-refractivity contribution is 5.70. The van der Waals surface area contributed by atoms with Crippen LogP contribution >= 0.6 is 0 Å². The molecule has 0 spiro atoms. The largest absolute Gasteiger partial charge is 0.462 e. The van der Waals surface area contributed by atoms with E-state index in [9.17, 15) is 4.79 Å². The maximum absolute atomic E-state index is 11.0. The van der Waals surface area contributed by atoms with Crippen LogP contribution in [-0.2, 0) is 9.53 Å². The summed E-state index contributed by atoms with van der Waals surface area (Å²) in [4.78, 5) is 12.1. The lowest BCUT2D eigenvalue weighted by Crippen LogP contribution is -3.06. The van der Waals surface area contributed by atoms with Crippen molar-refractivity contribution in [3.8, 4) is 0 Å². The summed E-state index contributed by atoms with van der Waals surface area (Å²) < 4.78 is 5.00. The number of carbonyl (C=O) groups is 1. The summed E-state index contributed by atoms with van der Waals surface area (Å²) in [6, 6.07) is 0. The Morgan fingerprint density at radius 3 is 2.50 bits per heavy atom. The maximum Gasteiger partial charge on any atom is 0.361 e. The Morgan fingerprint density at radius 1 is 1.33 bits per heavy atom. The molecule has 0 amide bonds. The third-order valence-corrected chi connectivity index (χ3v) is 1.51. The van der Waals surface area contributed by atoms with Crippen LogP contribution in [0.15, 0.2) is 0 Å². The summed E-state index contributed by atoms with van der Waals surface area (Å²) in [7, 11) is 3.88. The van der Waals surface area contributed by atoms with Gasteiger partial charge in [0.15, 0.2) is 6.54 Å². The standard InChI is InChI=1S/C9H19NO2/c1-4-5-6-7-12-9(11)8-10(2)3/h4-8H2,1-3H3/p+1. The van der Waals surface area contributed by atoms with Gasteiger partial charge in [-0.2, -0.15) is 0 Å². The summed E-state index contributed by atoms with van der Waals surface area (Å²) in [5.74, 6) is -0.0916. The number of rotatable bonds is 6. The van der Waals surface area contributed by atoms with Crippen LogP contribution in [0.2, 0.25) is 0 Å². The molecule has 0 bridgehead atoms. The summed E-state index contributed by atoms with van der Waals surface area (Å²) in [6.45, 7) is 3.18. The lowest BCUT2D eigenvalue weighted by molar-refractivity contribution is -0.850. The summed E-state index contributed by atoms with van der Waals surface area (Å²) in [5, 5.41) is 0. The van der Waals surface area contributed by atoms with Crippen LogP contribution in [-0.4, -0.2) is 33.2 Å². The van der Waals surface area contributed by atoms with Gasteiger partial charge in [0.05, 0.1) is 20.7 Å². The second kappa shape index (κ2) is 7.10. The molecule has 0 rings (SSSR count). The molecule has 3 nitrogen and oxygen atoms in total. The number of carbonyl (C=O) groups excluding carboxylic acids is 1. The molecule has 0 heterocycles. The summed E-state index contributed by atoms with van der Waals surface area (Å²) in [6.07, 6.45) is 3.30. The molecule has 3 heteroatoms. The minimum Gasteiger partial charge on any atom is -0.462 e. The molecule has 0 aromatic rings. The SMILES string of the molecule is CCCCCOC(=O)C[NH+](C)C. The molecule has 0 atom stereocenters. The quantitative estimate of drug-likeness (QED) is 0.449. The lowest BCUT2D eigenvalue weighted by Gasteiger charge is -2.06. The van der Waals surface area contributed by atoms with Crippen LogP contribution in [0.25, 0.3) is 0 Å². The van der Waals surface area contributed by atoms with Gasteiger partial charge in [-0.05, 0) is 6.42 Å². The third-order valence-electron chi connectivity index (χ3n) is 1.51. The van der Waals surface area contributed by atoms with Crippen LogP contribution in [0.5, 0.6) is 0 Å². The molecule has 1 N–H and O–H groups in total. The van der Waals surface area contributed by atoms with Gasteiger partial charge in [0.25, 0.3) is 0 Å². The highest BCUT2D eigenvalue weighted by Crippen LogP contribution is 1.93. The van der Waals surface area contributed by atoms with Crippen LogP contribution in [0, 0.1) is 0 Å². The highest BCUT2D eigenvalue weighted by Gasteiger charge is 2.05. The number of unbranched alkanes of at least 4 members (excludes halogenated alkanes) is 2. The normalized spacial score (nSPS) is 10.3. The van der Waals surface area contributed by atoms with Crippen LogP contribution in [0.1, 0.15) is 26.2 Å². The van der Waals surface area contributed by atoms with Gasteiger partial charge in [-0.1, -0.05) is 19.8 Å². The van der Waals surface area contributed by atoms with Gasteiger partial charge in [-0.25, -0.2) is 4.79 Å². The van der Waals surface area contributed by atoms with Crippen LogP contribution in [0.3, 0.4) is 0 Å². The first-order valence-electron chi connectivity index (χ1n) is 4.61. The van der Waals surface area contributed by atoms with Crippen LogP contribution < -0.4 is 4.90 Å². The molecule has 0 fully saturated rings. The molecule has 0 unspecified atom stereocenters. The molecule has 0 saturated heterocycles. The van der Waals surface area contributed by atoms with Gasteiger partial charge >= 0.3 is 5.97 Å². The minimum absolute atomic E-state index is 0.0916. The van der Waals surface area contributed by atoms with E-state index in [1.54, 1.807) is 0 Å². The zero-order chi connectivity index (χ0) is 9.40. The van der Waals surface area contributed by atoms with Crippen molar-refractivity contribution in [3.05, 3.63) is 0 Å². The number of quaternary nitrogens is 1. The fraction of sp³-hybridized carbons (Fsp3) is 0.889. The van der Waals surface area contributed by atoms with E-state index in [0.717, 1.165) is 24.2 Å². The second-order valence-electron chi connectivity index (χ2n) is 3.31. The van der Waals surface area contributed by atoms with Crippen molar-refractivity contribution in [2.75, 3.05) is 27.2 Å². The molecule has 0 saturated carbocycles. The fourth-order valence-corrected chi connectivity index (χ4v) is 0.878. The van der Waals surface area contributed by atoms with E-state index in [2.05, 4.69) is 6.92 Å². The molecule has 0 aliphatic heterocycles. The summed E-state index contributed by atoms with van der Waals surface area (Å²) >= 11 is 0. The Morgan fingerprint density at radius 2 is 2.00 bits per heavy atom. The van der Waals surface area contributed by atoms with E-state index in [0.29, 0.717) is 13.2 Å². The predicted octanol–water partition coefficient (Wildman–Crippen LogP) is -0.136. The van der Waals surface area contributed by atoms with E-state index >= 15 is 0 Å². The van der Waals surface area contributed by atoms with E-state index in [1.807, 2.05) is 14.1 Å². The molecule has 0 radical (unpaired) electrons. The minimum atomic E-state index is -0.0916. The lowest BCUT2D eigenvalue weighted by atomic mass is 10.3.